The van der Waals surface area contributed by atoms with E-state index in [0.29, 0.717) is 12.8 Å². The van der Waals surface area contributed by atoms with Crippen molar-refractivity contribution >= 4 is 12.0 Å². The maximum absolute atomic E-state index is 12.2. The fraction of sp³-hybridized carbons (Fsp3) is 0.875. The second-order valence-corrected chi connectivity index (χ2v) is 6.56. The van der Waals surface area contributed by atoms with E-state index >= 15 is 0 Å². The van der Waals surface area contributed by atoms with Crippen LogP contribution in [0.15, 0.2) is 0 Å². The number of likely N-dealkylation sites (tertiary alicyclic amines) is 1. The third-order valence-corrected chi connectivity index (χ3v) is 5.00. The number of hydrogen-bond acceptors (Lipinski definition) is 2. The van der Waals surface area contributed by atoms with Gasteiger partial charge >= 0.3 is 12.0 Å². The lowest BCUT2D eigenvalue weighted by Crippen LogP contribution is -2.48. The maximum atomic E-state index is 12.2. The predicted molar refractivity (Wildman–Crippen MR) is 81.1 cm³/mol. The van der Waals surface area contributed by atoms with E-state index in [4.69, 9.17) is 5.11 Å². The SMILES string of the molecule is CCCC1CCN(C(=O)NC2CCC(C(=O)O)CC2)CC1. The molecule has 0 bridgehead atoms. The largest absolute Gasteiger partial charge is 0.481 e. The summed E-state index contributed by atoms with van der Waals surface area (Å²) in [6.07, 6.45) is 7.67. The molecule has 120 valence electrons. The van der Waals surface area contributed by atoms with Gasteiger partial charge < -0.3 is 15.3 Å². The Balaban J connectivity index is 1.70. The number of nitrogens with one attached hydrogen (secondary N) is 1. The molecule has 1 aliphatic carbocycles. The van der Waals surface area contributed by atoms with Crippen LogP contribution in [-0.2, 0) is 4.79 Å². The molecule has 1 saturated carbocycles. The summed E-state index contributed by atoms with van der Waals surface area (Å²) in [6, 6.07) is 0.199. The van der Waals surface area contributed by atoms with Crippen molar-refractivity contribution in [3.05, 3.63) is 0 Å². The molecule has 5 nitrogen and oxygen atoms in total. The number of carboxylic acid groups (broad SMARTS) is 1. The molecule has 0 aromatic rings. The third-order valence-electron chi connectivity index (χ3n) is 5.00. The zero-order chi connectivity index (χ0) is 15.2. The first-order chi connectivity index (χ1) is 10.1. The van der Waals surface area contributed by atoms with Gasteiger partial charge in [0.2, 0.25) is 0 Å². The van der Waals surface area contributed by atoms with E-state index in [-0.39, 0.29) is 18.0 Å². The summed E-state index contributed by atoms with van der Waals surface area (Å²) in [5.74, 6) is -0.134. The summed E-state index contributed by atoms with van der Waals surface area (Å²) < 4.78 is 0. The number of urea groups is 1. The number of carboxylic acids is 1. The number of piperidine rings is 1. The van der Waals surface area contributed by atoms with Crippen molar-refractivity contribution < 1.29 is 14.7 Å². The summed E-state index contributed by atoms with van der Waals surface area (Å²) in [5.41, 5.74) is 0. The molecular weight excluding hydrogens is 268 g/mol. The van der Waals surface area contributed by atoms with Crippen LogP contribution >= 0.6 is 0 Å². The summed E-state index contributed by atoms with van der Waals surface area (Å²) in [5, 5.41) is 12.1. The van der Waals surface area contributed by atoms with Gasteiger partial charge in [0, 0.05) is 19.1 Å². The highest BCUT2D eigenvalue weighted by molar-refractivity contribution is 5.74. The van der Waals surface area contributed by atoms with Crippen molar-refractivity contribution in [1.29, 1.82) is 0 Å². The number of nitrogens with zero attached hydrogens (tertiary/aromatic N) is 1. The molecule has 0 unspecified atom stereocenters. The molecule has 0 atom stereocenters. The molecule has 2 rings (SSSR count). The van der Waals surface area contributed by atoms with Crippen molar-refractivity contribution in [2.24, 2.45) is 11.8 Å². The zero-order valence-electron chi connectivity index (χ0n) is 13.0. The van der Waals surface area contributed by atoms with Gasteiger partial charge in [0.1, 0.15) is 0 Å². The molecule has 0 spiro atoms. The molecule has 2 amide bonds. The molecule has 0 aromatic heterocycles. The minimum Gasteiger partial charge on any atom is -0.481 e. The fourth-order valence-electron chi connectivity index (χ4n) is 3.58. The first-order valence-corrected chi connectivity index (χ1v) is 8.38. The molecule has 5 heteroatoms. The average molecular weight is 296 g/mol. The van der Waals surface area contributed by atoms with Gasteiger partial charge in [-0.05, 0) is 44.4 Å². The van der Waals surface area contributed by atoms with E-state index < -0.39 is 5.97 Å². The smallest absolute Gasteiger partial charge is 0.317 e. The Morgan fingerprint density at radius 1 is 1.10 bits per heavy atom. The van der Waals surface area contributed by atoms with Crippen LogP contribution in [0, 0.1) is 11.8 Å². The van der Waals surface area contributed by atoms with Crippen LogP contribution in [0.1, 0.15) is 58.3 Å². The van der Waals surface area contributed by atoms with Gasteiger partial charge in [-0.15, -0.1) is 0 Å². The molecule has 0 radical (unpaired) electrons. The molecule has 0 aromatic carbocycles. The normalized spacial score (nSPS) is 27.4. The van der Waals surface area contributed by atoms with Gasteiger partial charge in [-0.2, -0.15) is 0 Å². The molecule has 1 aliphatic heterocycles. The molecule has 1 saturated heterocycles. The number of hydrogen-bond donors (Lipinski definition) is 2. The maximum Gasteiger partial charge on any atom is 0.317 e. The highest BCUT2D eigenvalue weighted by Crippen LogP contribution is 2.25. The number of aliphatic carboxylic acids is 1. The van der Waals surface area contributed by atoms with Gasteiger partial charge in [-0.25, -0.2) is 4.79 Å². The van der Waals surface area contributed by atoms with Crippen LogP contribution in [0.3, 0.4) is 0 Å². The second kappa shape index (κ2) is 7.66. The zero-order valence-corrected chi connectivity index (χ0v) is 13.0. The molecule has 21 heavy (non-hydrogen) atoms. The highest BCUT2D eigenvalue weighted by atomic mass is 16.4. The van der Waals surface area contributed by atoms with Crippen LogP contribution in [0.25, 0.3) is 0 Å². The first-order valence-electron chi connectivity index (χ1n) is 8.38. The lowest BCUT2D eigenvalue weighted by atomic mass is 9.86. The van der Waals surface area contributed by atoms with E-state index in [1.807, 2.05) is 4.90 Å². The topological polar surface area (TPSA) is 69.6 Å². The lowest BCUT2D eigenvalue weighted by Gasteiger charge is -2.34. The van der Waals surface area contributed by atoms with Crippen LogP contribution < -0.4 is 5.32 Å². The summed E-state index contributed by atoms with van der Waals surface area (Å²) >= 11 is 0. The van der Waals surface area contributed by atoms with Crippen LogP contribution in [0.2, 0.25) is 0 Å². The Morgan fingerprint density at radius 2 is 1.71 bits per heavy atom. The van der Waals surface area contributed by atoms with E-state index in [1.54, 1.807) is 0 Å². The summed E-state index contributed by atoms with van der Waals surface area (Å²) in [4.78, 5) is 25.1. The quantitative estimate of drug-likeness (QED) is 0.838. The highest BCUT2D eigenvalue weighted by Gasteiger charge is 2.28. The van der Waals surface area contributed by atoms with Crippen LogP contribution in [-0.4, -0.2) is 41.1 Å². The molecular formula is C16H28N2O3. The van der Waals surface area contributed by atoms with Crippen molar-refractivity contribution in [2.75, 3.05) is 13.1 Å². The monoisotopic (exact) mass is 296 g/mol. The summed E-state index contributed by atoms with van der Waals surface area (Å²) in [6.45, 7) is 3.94. The van der Waals surface area contributed by atoms with Gasteiger partial charge in [0.15, 0.2) is 0 Å². The number of carbonyl (C=O) groups is 2. The Kier molecular flexibility index (Phi) is 5.88. The molecule has 2 aliphatic rings. The van der Waals surface area contributed by atoms with Crippen molar-refractivity contribution in [3.8, 4) is 0 Å². The van der Waals surface area contributed by atoms with Gasteiger partial charge in [0.25, 0.3) is 0 Å². The Labute approximate surface area is 127 Å². The van der Waals surface area contributed by atoms with Crippen molar-refractivity contribution in [2.45, 2.75) is 64.3 Å². The van der Waals surface area contributed by atoms with Crippen LogP contribution in [0.4, 0.5) is 4.79 Å². The Morgan fingerprint density at radius 3 is 2.24 bits per heavy atom. The number of rotatable bonds is 4. The van der Waals surface area contributed by atoms with Gasteiger partial charge in [-0.1, -0.05) is 19.8 Å². The molecule has 2 fully saturated rings. The lowest BCUT2D eigenvalue weighted by molar-refractivity contribution is -0.142. The second-order valence-electron chi connectivity index (χ2n) is 6.56. The third kappa shape index (κ3) is 4.61. The number of amides is 2. The van der Waals surface area contributed by atoms with Crippen LogP contribution in [0.5, 0.6) is 0 Å². The average Bonchev–Trinajstić information content (AvgIpc) is 2.49. The minimum atomic E-state index is -0.697. The van der Waals surface area contributed by atoms with E-state index in [9.17, 15) is 9.59 Å². The van der Waals surface area contributed by atoms with Crippen molar-refractivity contribution in [1.82, 2.24) is 10.2 Å². The standard InChI is InChI=1S/C16H28N2O3/c1-2-3-12-8-10-18(11-9-12)16(21)17-14-6-4-13(5-7-14)15(19)20/h12-14H,2-11H2,1H3,(H,17,21)(H,19,20). The Bertz CT molecular complexity index is 357. The Hall–Kier alpha value is -1.26. The van der Waals surface area contributed by atoms with E-state index in [1.165, 1.54) is 12.8 Å². The van der Waals surface area contributed by atoms with E-state index in [2.05, 4.69) is 12.2 Å². The fourth-order valence-corrected chi connectivity index (χ4v) is 3.58. The molecule has 2 N–H and O–H groups in total. The van der Waals surface area contributed by atoms with Gasteiger partial charge in [-0.3, -0.25) is 4.79 Å². The molecule has 1 heterocycles. The first kappa shape index (κ1) is 16.1. The van der Waals surface area contributed by atoms with Crippen molar-refractivity contribution in [3.63, 3.8) is 0 Å². The minimum absolute atomic E-state index is 0.0451. The van der Waals surface area contributed by atoms with Gasteiger partial charge in [0.05, 0.1) is 5.92 Å². The summed E-state index contributed by atoms with van der Waals surface area (Å²) in [7, 11) is 0. The predicted octanol–water partition coefficient (Wildman–Crippen LogP) is 2.85. The number of carbonyl (C=O) groups excluding carboxylic acids is 1. The van der Waals surface area contributed by atoms with E-state index in [0.717, 1.165) is 44.7 Å².